The van der Waals surface area contributed by atoms with E-state index in [1.54, 1.807) is 11.3 Å². The Balaban J connectivity index is 2.32. The second kappa shape index (κ2) is 5.88. The highest BCUT2D eigenvalue weighted by Gasteiger charge is 2.09. The summed E-state index contributed by atoms with van der Waals surface area (Å²) < 4.78 is 0. The van der Waals surface area contributed by atoms with Gasteiger partial charge in [-0.3, -0.25) is 4.79 Å². The zero-order valence-corrected chi connectivity index (χ0v) is 10.2. The van der Waals surface area contributed by atoms with Gasteiger partial charge >= 0.3 is 0 Å². The molecule has 1 atom stereocenters. The van der Waals surface area contributed by atoms with Crippen LogP contribution in [0.4, 0.5) is 0 Å². The van der Waals surface area contributed by atoms with Crippen molar-refractivity contribution >= 4 is 17.2 Å². The fraction of sp³-hybridized carbons (Fsp3) is 0.545. The Labute approximate surface area is 94.9 Å². The van der Waals surface area contributed by atoms with E-state index in [4.69, 9.17) is 0 Å². The molecule has 0 aromatic carbocycles. The zero-order valence-electron chi connectivity index (χ0n) is 9.41. The summed E-state index contributed by atoms with van der Waals surface area (Å²) in [6, 6.07) is 4.47. The lowest BCUT2D eigenvalue weighted by Gasteiger charge is -2.13. The minimum absolute atomic E-state index is 0.0459. The first-order valence-corrected chi connectivity index (χ1v) is 6.03. The Bertz CT molecular complexity index is 296. The first-order chi connectivity index (χ1) is 7.09. The molecule has 1 heterocycles. The van der Waals surface area contributed by atoms with Gasteiger partial charge in [0.1, 0.15) is 0 Å². The first-order valence-electron chi connectivity index (χ1n) is 5.15. The number of carbonyl (C=O) groups excluding carboxylic acids is 1. The van der Waals surface area contributed by atoms with E-state index >= 15 is 0 Å². The van der Waals surface area contributed by atoms with Crippen LogP contribution >= 0.6 is 11.3 Å². The standard InChI is InChI=1S/C11H18N2OS/c1-8(2)12-7-11(14)13-9(3)10-5-4-6-15-10/h4-6,8-9,12H,7H2,1-3H3,(H,13,14)/t9-/m0/s1. The molecule has 0 fully saturated rings. The summed E-state index contributed by atoms with van der Waals surface area (Å²) in [5, 5.41) is 8.05. The average Bonchev–Trinajstić information content (AvgIpc) is 2.67. The van der Waals surface area contributed by atoms with E-state index < -0.39 is 0 Å². The van der Waals surface area contributed by atoms with Gasteiger partial charge in [0.25, 0.3) is 0 Å². The fourth-order valence-corrected chi connectivity index (χ4v) is 1.93. The second-order valence-corrected chi connectivity index (χ2v) is 4.82. The largest absolute Gasteiger partial charge is 0.348 e. The third-order valence-electron chi connectivity index (χ3n) is 2.02. The number of hydrogen-bond acceptors (Lipinski definition) is 3. The zero-order chi connectivity index (χ0) is 11.3. The van der Waals surface area contributed by atoms with Crippen molar-refractivity contribution in [2.45, 2.75) is 32.9 Å². The van der Waals surface area contributed by atoms with Crippen molar-refractivity contribution < 1.29 is 4.79 Å². The molecule has 2 N–H and O–H groups in total. The van der Waals surface area contributed by atoms with Crippen molar-refractivity contribution in [2.24, 2.45) is 0 Å². The average molecular weight is 226 g/mol. The van der Waals surface area contributed by atoms with Gasteiger partial charge in [-0.15, -0.1) is 11.3 Å². The van der Waals surface area contributed by atoms with Gasteiger partial charge in [0.05, 0.1) is 12.6 Å². The summed E-state index contributed by atoms with van der Waals surface area (Å²) in [4.78, 5) is 12.7. The quantitative estimate of drug-likeness (QED) is 0.805. The van der Waals surface area contributed by atoms with Gasteiger partial charge in [0.2, 0.25) is 5.91 Å². The molecule has 0 aliphatic heterocycles. The van der Waals surface area contributed by atoms with E-state index in [-0.39, 0.29) is 11.9 Å². The Morgan fingerprint density at radius 3 is 2.73 bits per heavy atom. The van der Waals surface area contributed by atoms with Crippen LogP contribution in [0.2, 0.25) is 0 Å². The highest BCUT2D eigenvalue weighted by Crippen LogP contribution is 2.17. The van der Waals surface area contributed by atoms with Gasteiger partial charge in [-0.25, -0.2) is 0 Å². The molecular weight excluding hydrogens is 208 g/mol. The van der Waals surface area contributed by atoms with Crippen molar-refractivity contribution in [3.8, 4) is 0 Å². The molecule has 0 bridgehead atoms. The van der Waals surface area contributed by atoms with Crippen LogP contribution in [0.5, 0.6) is 0 Å². The van der Waals surface area contributed by atoms with Crippen LogP contribution < -0.4 is 10.6 Å². The molecule has 1 aromatic heterocycles. The van der Waals surface area contributed by atoms with Gasteiger partial charge in [-0.2, -0.15) is 0 Å². The first kappa shape index (κ1) is 12.2. The maximum atomic E-state index is 11.5. The van der Waals surface area contributed by atoms with Gasteiger partial charge < -0.3 is 10.6 Å². The molecule has 3 nitrogen and oxygen atoms in total. The number of hydrogen-bond donors (Lipinski definition) is 2. The maximum absolute atomic E-state index is 11.5. The Kier molecular flexibility index (Phi) is 4.78. The van der Waals surface area contributed by atoms with Gasteiger partial charge in [-0.1, -0.05) is 19.9 Å². The molecule has 0 aliphatic rings. The van der Waals surface area contributed by atoms with Crippen LogP contribution in [0.1, 0.15) is 31.7 Å². The number of nitrogens with one attached hydrogen (secondary N) is 2. The predicted octanol–water partition coefficient (Wildman–Crippen LogP) is 1.92. The van der Waals surface area contributed by atoms with Crippen LogP contribution in [0.3, 0.4) is 0 Å². The van der Waals surface area contributed by atoms with Gasteiger partial charge in [0, 0.05) is 10.9 Å². The van der Waals surface area contributed by atoms with Crippen LogP contribution in [-0.4, -0.2) is 18.5 Å². The Morgan fingerprint density at radius 1 is 1.47 bits per heavy atom. The summed E-state index contributed by atoms with van der Waals surface area (Å²) in [6.45, 7) is 6.43. The lowest BCUT2D eigenvalue weighted by Crippen LogP contribution is -2.37. The van der Waals surface area contributed by atoms with Crippen molar-refractivity contribution in [1.29, 1.82) is 0 Å². The number of amides is 1. The number of rotatable bonds is 5. The maximum Gasteiger partial charge on any atom is 0.234 e. The monoisotopic (exact) mass is 226 g/mol. The van der Waals surface area contributed by atoms with E-state index in [0.29, 0.717) is 12.6 Å². The molecule has 4 heteroatoms. The molecule has 0 spiro atoms. The summed E-state index contributed by atoms with van der Waals surface area (Å²) in [6.07, 6.45) is 0. The topological polar surface area (TPSA) is 41.1 Å². The second-order valence-electron chi connectivity index (χ2n) is 3.84. The highest BCUT2D eigenvalue weighted by atomic mass is 32.1. The minimum atomic E-state index is 0.0459. The Morgan fingerprint density at radius 2 is 2.20 bits per heavy atom. The van der Waals surface area contributed by atoms with Crippen LogP contribution in [0, 0.1) is 0 Å². The fourth-order valence-electron chi connectivity index (χ4n) is 1.20. The van der Waals surface area contributed by atoms with Crippen LogP contribution in [-0.2, 0) is 4.79 Å². The third-order valence-corrected chi connectivity index (χ3v) is 3.07. The summed E-state index contributed by atoms with van der Waals surface area (Å²) in [5.74, 6) is 0.0459. The van der Waals surface area contributed by atoms with Crippen LogP contribution in [0.25, 0.3) is 0 Å². The molecule has 0 saturated heterocycles. The molecule has 0 radical (unpaired) electrons. The number of thiophene rings is 1. The summed E-state index contributed by atoms with van der Waals surface area (Å²) in [5.41, 5.74) is 0. The molecule has 1 amide bonds. The van der Waals surface area contributed by atoms with E-state index in [0.717, 1.165) is 0 Å². The molecule has 84 valence electrons. The lowest BCUT2D eigenvalue weighted by atomic mass is 10.2. The number of carbonyl (C=O) groups is 1. The van der Waals surface area contributed by atoms with E-state index in [1.807, 2.05) is 38.3 Å². The van der Waals surface area contributed by atoms with Crippen molar-refractivity contribution in [3.05, 3.63) is 22.4 Å². The summed E-state index contributed by atoms with van der Waals surface area (Å²) in [7, 11) is 0. The van der Waals surface area contributed by atoms with E-state index in [2.05, 4.69) is 10.6 Å². The minimum Gasteiger partial charge on any atom is -0.348 e. The normalized spacial score (nSPS) is 12.8. The molecule has 0 unspecified atom stereocenters. The predicted molar refractivity (Wildman–Crippen MR) is 64.0 cm³/mol. The van der Waals surface area contributed by atoms with Crippen molar-refractivity contribution in [3.63, 3.8) is 0 Å². The van der Waals surface area contributed by atoms with Crippen molar-refractivity contribution in [2.75, 3.05) is 6.54 Å². The van der Waals surface area contributed by atoms with Gasteiger partial charge in [-0.05, 0) is 18.4 Å². The van der Waals surface area contributed by atoms with Gasteiger partial charge in [0.15, 0.2) is 0 Å². The molecule has 1 aromatic rings. The van der Waals surface area contributed by atoms with Crippen LogP contribution in [0.15, 0.2) is 17.5 Å². The highest BCUT2D eigenvalue weighted by molar-refractivity contribution is 7.10. The summed E-state index contributed by atoms with van der Waals surface area (Å²) >= 11 is 1.66. The molecule has 1 rings (SSSR count). The smallest absolute Gasteiger partial charge is 0.234 e. The Hall–Kier alpha value is -0.870. The molecule has 0 saturated carbocycles. The van der Waals surface area contributed by atoms with E-state index in [9.17, 15) is 4.79 Å². The molecular formula is C11H18N2OS. The molecule has 15 heavy (non-hydrogen) atoms. The van der Waals surface area contributed by atoms with E-state index in [1.165, 1.54) is 4.88 Å². The molecule has 0 aliphatic carbocycles. The lowest BCUT2D eigenvalue weighted by molar-refractivity contribution is -0.120. The van der Waals surface area contributed by atoms with Crippen molar-refractivity contribution in [1.82, 2.24) is 10.6 Å². The SMILES string of the molecule is CC(C)NCC(=O)N[C@@H](C)c1cccs1. The third kappa shape index (κ3) is 4.44.